The predicted molar refractivity (Wildman–Crippen MR) is 113 cm³/mol. The first-order valence-electron chi connectivity index (χ1n) is 8.75. The van der Waals surface area contributed by atoms with Gasteiger partial charge in [0.05, 0.1) is 16.8 Å². The zero-order valence-corrected chi connectivity index (χ0v) is 17.2. The van der Waals surface area contributed by atoms with Crippen LogP contribution in [0.3, 0.4) is 0 Å². The van der Waals surface area contributed by atoms with E-state index in [4.69, 9.17) is 15.7 Å². The lowest BCUT2D eigenvalue weighted by molar-refractivity contribution is 1.00. The molecule has 0 spiro atoms. The quantitative estimate of drug-likeness (QED) is 0.474. The number of fused-ring (bicyclic) bond motifs is 1. The number of benzene rings is 1. The van der Waals surface area contributed by atoms with Crippen LogP contribution in [0.1, 0.15) is 33.2 Å². The normalized spacial score (nSPS) is 11.4. The van der Waals surface area contributed by atoms with Gasteiger partial charge in [-0.25, -0.2) is 15.0 Å². The average molecular weight is 396 g/mol. The highest BCUT2D eigenvalue weighted by Gasteiger charge is 2.14. The molecule has 0 fully saturated rings. The number of hydrogen-bond acceptors (Lipinski definition) is 6. The van der Waals surface area contributed by atoms with E-state index >= 15 is 0 Å². The van der Waals surface area contributed by atoms with Crippen LogP contribution in [0.5, 0.6) is 0 Å². The van der Waals surface area contributed by atoms with Crippen molar-refractivity contribution in [2.75, 3.05) is 5.73 Å². The van der Waals surface area contributed by atoms with Crippen LogP contribution in [0.25, 0.3) is 10.2 Å². The molecular formula is C20H21N5S2. The van der Waals surface area contributed by atoms with Gasteiger partial charge in [0, 0.05) is 17.0 Å². The minimum Gasteiger partial charge on any atom is -0.383 e. The van der Waals surface area contributed by atoms with E-state index in [2.05, 4.69) is 55.0 Å². The van der Waals surface area contributed by atoms with Gasteiger partial charge in [-0.1, -0.05) is 42.1 Å². The number of nitrogens with one attached hydrogen (secondary N) is 1. The van der Waals surface area contributed by atoms with Gasteiger partial charge in [0.1, 0.15) is 16.5 Å². The maximum atomic E-state index is 6.18. The van der Waals surface area contributed by atoms with Crippen LogP contribution >= 0.6 is 23.1 Å². The number of nitrogen functional groups attached to an aromatic ring is 1. The Balaban J connectivity index is 1.51. The van der Waals surface area contributed by atoms with Crippen LogP contribution in [0.2, 0.25) is 0 Å². The van der Waals surface area contributed by atoms with Gasteiger partial charge < -0.3 is 10.7 Å². The zero-order chi connectivity index (χ0) is 19.0. The van der Waals surface area contributed by atoms with E-state index < -0.39 is 0 Å². The van der Waals surface area contributed by atoms with Crippen LogP contribution in [0.4, 0.5) is 5.82 Å². The fraction of sp³-hybridized carbons (Fsp3) is 0.250. The predicted octanol–water partition coefficient (Wildman–Crippen LogP) is 4.80. The molecule has 7 heteroatoms. The number of aromatic nitrogens is 4. The number of H-pyrrole nitrogens is 1. The van der Waals surface area contributed by atoms with Gasteiger partial charge in [0.15, 0.2) is 5.16 Å². The third-order valence-electron chi connectivity index (χ3n) is 4.62. The lowest BCUT2D eigenvalue weighted by Gasteiger charge is -2.02. The molecule has 0 radical (unpaired) electrons. The Hall–Kier alpha value is -2.38. The summed E-state index contributed by atoms with van der Waals surface area (Å²) < 4.78 is 0. The summed E-state index contributed by atoms with van der Waals surface area (Å²) in [6, 6.07) is 10.4. The van der Waals surface area contributed by atoms with Gasteiger partial charge in [-0.2, -0.15) is 0 Å². The summed E-state index contributed by atoms with van der Waals surface area (Å²) in [5, 5.41) is 1.88. The highest BCUT2D eigenvalue weighted by molar-refractivity contribution is 7.98. The maximum absolute atomic E-state index is 6.18. The second kappa shape index (κ2) is 7.32. The van der Waals surface area contributed by atoms with Gasteiger partial charge in [0.2, 0.25) is 0 Å². The summed E-state index contributed by atoms with van der Waals surface area (Å²) in [5.41, 5.74) is 10.8. The summed E-state index contributed by atoms with van der Waals surface area (Å²) in [4.78, 5) is 19.5. The first kappa shape index (κ1) is 18.0. The van der Waals surface area contributed by atoms with E-state index in [1.165, 1.54) is 16.0 Å². The Morgan fingerprint density at radius 3 is 2.63 bits per heavy atom. The lowest BCUT2D eigenvalue weighted by Crippen LogP contribution is -1.99. The number of nitrogens with zero attached hydrogens (tertiary/aromatic N) is 3. The second-order valence-corrected chi connectivity index (χ2v) is 8.72. The molecule has 4 aromatic rings. The van der Waals surface area contributed by atoms with E-state index in [1.807, 2.05) is 6.07 Å². The Kier molecular flexibility index (Phi) is 4.88. The molecule has 0 saturated carbocycles. The largest absolute Gasteiger partial charge is 0.383 e. The van der Waals surface area contributed by atoms with Crippen LogP contribution in [-0.4, -0.2) is 19.9 Å². The molecule has 0 unspecified atom stereocenters. The van der Waals surface area contributed by atoms with Crippen molar-refractivity contribution in [1.29, 1.82) is 0 Å². The molecule has 0 bridgehead atoms. The van der Waals surface area contributed by atoms with E-state index in [0.29, 0.717) is 11.6 Å². The number of imidazole rings is 1. The molecule has 0 aliphatic heterocycles. The average Bonchev–Trinajstić information content (AvgIpc) is 3.14. The number of aryl methyl sites for hydroxylation is 3. The summed E-state index contributed by atoms with van der Waals surface area (Å²) in [7, 11) is 0. The molecule has 138 valence electrons. The van der Waals surface area contributed by atoms with E-state index in [9.17, 15) is 0 Å². The van der Waals surface area contributed by atoms with Crippen LogP contribution < -0.4 is 5.73 Å². The third kappa shape index (κ3) is 3.70. The molecule has 1 aromatic carbocycles. The van der Waals surface area contributed by atoms with E-state index in [1.54, 1.807) is 23.1 Å². The van der Waals surface area contributed by atoms with E-state index in [-0.39, 0.29) is 0 Å². The Morgan fingerprint density at radius 2 is 1.85 bits per heavy atom. The van der Waals surface area contributed by atoms with Crippen molar-refractivity contribution in [2.45, 2.75) is 38.1 Å². The summed E-state index contributed by atoms with van der Waals surface area (Å²) >= 11 is 3.28. The SMILES string of the molecule is Cc1[nH]c(SCc2nc(N)c3c(C)c(C)sc3n2)nc1Cc1ccccc1. The van der Waals surface area contributed by atoms with Gasteiger partial charge in [-0.15, -0.1) is 11.3 Å². The lowest BCUT2D eigenvalue weighted by atomic mass is 10.1. The molecule has 0 atom stereocenters. The number of nitrogens with two attached hydrogens (primary N) is 1. The van der Waals surface area contributed by atoms with Crippen LogP contribution in [0.15, 0.2) is 35.5 Å². The molecule has 0 amide bonds. The fourth-order valence-corrected chi connectivity index (χ4v) is 4.87. The first-order chi connectivity index (χ1) is 13.0. The number of aromatic amines is 1. The number of rotatable bonds is 5. The second-order valence-electron chi connectivity index (χ2n) is 6.55. The van der Waals surface area contributed by atoms with Gasteiger partial charge in [-0.3, -0.25) is 0 Å². The number of anilines is 1. The number of hydrogen-bond donors (Lipinski definition) is 2. The topological polar surface area (TPSA) is 80.5 Å². The Labute approximate surface area is 166 Å². The smallest absolute Gasteiger partial charge is 0.166 e. The molecule has 3 N–H and O–H groups in total. The highest BCUT2D eigenvalue weighted by atomic mass is 32.2. The third-order valence-corrected chi connectivity index (χ3v) is 6.59. The first-order valence-corrected chi connectivity index (χ1v) is 10.6. The minimum atomic E-state index is 0.567. The summed E-state index contributed by atoms with van der Waals surface area (Å²) in [5.74, 6) is 1.94. The monoisotopic (exact) mass is 395 g/mol. The van der Waals surface area contributed by atoms with Gasteiger partial charge in [0.25, 0.3) is 0 Å². The molecular weight excluding hydrogens is 374 g/mol. The Bertz CT molecular complexity index is 1100. The number of thioether (sulfide) groups is 1. The molecule has 0 aliphatic carbocycles. The molecule has 0 saturated heterocycles. The van der Waals surface area contributed by atoms with E-state index in [0.717, 1.165) is 39.0 Å². The highest BCUT2D eigenvalue weighted by Crippen LogP contribution is 2.32. The van der Waals surface area contributed by atoms with Crippen molar-refractivity contribution in [3.63, 3.8) is 0 Å². The number of thiophene rings is 1. The van der Waals surface area contributed by atoms with Crippen molar-refractivity contribution >= 4 is 39.1 Å². The standard InChI is InChI=1S/C20H21N5S2/c1-11-13(3)27-19-17(11)18(21)24-16(25-19)10-26-20-22-12(2)15(23-20)9-14-7-5-4-6-8-14/h4-8H,9-10H2,1-3H3,(H,22,23)(H2,21,24,25). The summed E-state index contributed by atoms with van der Waals surface area (Å²) in [6.07, 6.45) is 0.826. The van der Waals surface area contributed by atoms with Gasteiger partial charge >= 0.3 is 0 Å². The molecule has 0 aliphatic rings. The molecule has 5 nitrogen and oxygen atoms in total. The minimum absolute atomic E-state index is 0.567. The van der Waals surface area contributed by atoms with Crippen LogP contribution in [0, 0.1) is 20.8 Å². The molecule has 27 heavy (non-hydrogen) atoms. The zero-order valence-electron chi connectivity index (χ0n) is 15.5. The maximum Gasteiger partial charge on any atom is 0.166 e. The molecule has 3 aromatic heterocycles. The molecule has 4 rings (SSSR count). The van der Waals surface area contributed by atoms with Gasteiger partial charge in [-0.05, 0) is 31.9 Å². The van der Waals surface area contributed by atoms with Crippen molar-refractivity contribution in [1.82, 2.24) is 19.9 Å². The fourth-order valence-electron chi connectivity index (χ4n) is 3.02. The van der Waals surface area contributed by atoms with Crippen molar-refractivity contribution in [3.8, 4) is 0 Å². The molecule has 3 heterocycles. The Morgan fingerprint density at radius 1 is 1.07 bits per heavy atom. The van der Waals surface area contributed by atoms with Crippen LogP contribution in [-0.2, 0) is 12.2 Å². The van der Waals surface area contributed by atoms with Crippen molar-refractivity contribution in [2.24, 2.45) is 0 Å². The summed E-state index contributed by atoms with van der Waals surface area (Å²) in [6.45, 7) is 6.23. The van der Waals surface area contributed by atoms with Crippen molar-refractivity contribution < 1.29 is 0 Å². The van der Waals surface area contributed by atoms with Crippen molar-refractivity contribution in [3.05, 3.63) is 63.5 Å².